The monoisotopic (exact) mass is 391 g/mol. The summed E-state index contributed by atoms with van der Waals surface area (Å²) in [6.45, 7) is 3.86. The number of urea groups is 1. The molecule has 3 amide bonds. The van der Waals surface area contributed by atoms with E-state index in [-0.39, 0.29) is 11.6 Å². The molecule has 5 nitrogen and oxygen atoms in total. The van der Waals surface area contributed by atoms with Gasteiger partial charge in [0.15, 0.2) is 0 Å². The van der Waals surface area contributed by atoms with Crippen LogP contribution in [0.25, 0.3) is 0 Å². The minimum absolute atomic E-state index is 0.0598. The molecule has 0 radical (unpaired) electrons. The van der Waals surface area contributed by atoms with Crippen LogP contribution in [-0.4, -0.2) is 18.5 Å². The SMILES string of the molecule is C=CCNC(=O)Nc1ccc(NC(=O)c2cc(Br)ccc2F)cc1. The molecule has 0 saturated heterocycles. The molecule has 24 heavy (non-hydrogen) atoms. The van der Waals surface area contributed by atoms with Crippen LogP contribution in [0.3, 0.4) is 0 Å². The van der Waals surface area contributed by atoms with Gasteiger partial charge in [0.25, 0.3) is 5.91 Å². The number of benzene rings is 2. The second kappa shape index (κ2) is 8.26. The van der Waals surface area contributed by atoms with E-state index in [1.54, 1.807) is 30.3 Å². The maximum Gasteiger partial charge on any atom is 0.319 e. The molecule has 0 unspecified atom stereocenters. The van der Waals surface area contributed by atoms with Crippen LogP contribution in [0.1, 0.15) is 10.4 Å². The van der Waals surface area contributed by atoms with Crippen LogP contribution in [0.15, 0.2) is 59.6 Å². The molecule has 7 heteroatoms. The molecule has 0 aliphatic rings. The lowest BCUT2D eigenvalue weighted by atomic mass is 10.2. The Morgan fingerprint density at radius 3 is 2.33 bits per heavy atom. The summed E-state index contributed by atoms with van der Waals surface area (Å²) in [7, 11) is 0. The van der Waals surface area contributed by atoms with Crippen molar-refractivity contribution in [2.24, 2.45) is 0 Å². The summed E-state index contributed by atoms with van der Waals surface area (Å²) in [5.41, 5.74) is 0.981. The first-order valence-electron chi connectivity index (χ1n) is 7.02. The van der Waals surface area contributed by atoms with E-state index in [4.69, 9.17) is 0 Å². The average molecular weight is 392 g/mol. The normalized spacial score (nSPS) is 9.92. The quantitative estimate of drug-likeness (QED) is 0.670. The van der Waals surface area contributed by atoms with E-state index in [0.29, 0.717) is 22.4 Å². The van der Waals surface area contributed by atoms with Crippen molar-refractivity contribution in [2.75, 3.05) is 17.2 Å². The van der Waals surface area contributed by atoms with E-state index < -0.39 is 11.7 Å². The number of halogens is 2. The molecule has 124 valence electrons. The van der Waals surface area contributed by atoms with Crippen LogP contribution in [-0.2, 0) is 0 Å². The van der Waals surface area contributed by atoms with Crippen molar-refractivity contribution in [1.29, 1.82) is 0 Å². The third-order valence-corrected chi connectivity index (χ3v) is 3.47. The van der Waals surface area contributed by atoms with Crippen molar-refractivity contribution < 1.29 is 14.0 Å². The highest BCUT2D eigenvalue weighted by Crippen LogP contribution is 2.18. The lowest BCUT2D eigenvalue weighted by Gasteiger charge is -2.09. The van der Waals surface area contributed by atoms with Gasteiger partial charge in [-0.3, -0.25) is 4.79 Å². The lowest BCUT2D eigenvalue weighted by molar-refractivity contribution is 0.102. The molecule has 2 rings (SSSR count). The second-order valence-corrected chi connectivity index (χ2v) is 5.70. The van der Waals surface area contributed by atoms with Crippen LogP contribution in [0, 0.1) is 5.82 Å². The predicted octanol–water partition coefficient (Wildman–Crippen LogP) is 4.15. The molecular formula is C17H15BrFN3O2. The van der Waals surface area contributed by atoms with Crippen molar-refractivity contribution in [3.63, 3.8) is 0 Å². The number of carbonyl (C=O) groups is 2. The standard InChI is InChI=1S/C17H15BrFN3O2/c1-2-9-20-17(24)22-13-6-4-12(5-7-13)21-16(23)14-10-11(18)3-8-15(14)19/h2-8,10H,1,9H2,(H,21,23)(H2,20,22,24). The Hall–Kier alpha value is -2.67. The molecule has 0 aliphatic carbocycles. The molecule has 3 N–H and O–H groups in total. The number of hydrogen-bond donors (Lipinski definition) is 3. The fourth-order valence-electron chi connectivity index (χ4n) is 1.85. The smallest absolute Gasteiger partial charge is 0.319 e. The first kappa shape index (κ1) is 17.7. The minimum Gasteiger partial charge on any atom is -0.334 e. The van der Waals surface area contributed by atoms with Gasteiger partial charge < -0.3 is 16.0 Å². The fraction of sp³-hybridized carbons (Fsp3) is 0.0588. The lowest BCUT2D eigenvalue weighted by Crippen LogP contribution is -2.28. The molecule has 2 aromatic carbocycles. The Labute approximate surface area is 147 Å². The number of rotatable bonds is 5. The first-order chi connectivity index (χ1) is 11.5. The minimum atomic E-state index is -0.604. The molecule has 0 aliphatic heterocycles. The van der Waals surface area contributed by atoms with Gasteiger partial charge in [0, 0.05) is 22.4 Å². The van der Waals surface area contributed by atoms with Crippen molar-refractivity contribution in [2.45, 2.75) is 0 Å². The van der Waals surface area contributed by atoms with Crippen LogP contribution >= 0.6 is 15.9 Å². The summed E-state index contributed by atoms with van der Waals surface area (Å²) in [6, 6.07) is 10.2. The van der Waals surface area contributed by atoms with Gasteiger partial charge in [0.05, 0.1) is 5.56 Å². The summed E-state index contributed by atoms with van der Waals surface area (Å²) >= 11 is 3.20. The largest absolute Gasteiger partial charge is 0.334 e. The van der Waals surface area contributed by atoms with E-state index in [1.165, 1.54) is 18.2 Å². The highest BCUT2D eigenvalue weighted by molar-refractivity contribution is 9.10. The average Bonchev–Trinajstić information content (AvgIpc) is 2.57. The zero-order chi connectivity index (χ0) is 17.5. The Morgan fingerprint density at radius 2 is 1.71 bits per heavy atom. The van der Waals surface area contributed by atoms with Crippen molar-refractivity contribution >= 4 is 39.2 Å². The summed E-state index contributed by atoms with van der Waals surface area (Å²) in [5.74, 6) is -1.16. The van der Waals surface area contributed by atoms with Gasteiger partial charge in [-0.2, -0.15) is 0 Å². The van der Waals surface area contributed by atoms with Crippen LogP contribution in [0.2, 0.25) is 0 Å². The van der Waals surface area contributed by atoms with Gasteiger partial charge in [-0.05, 0) is 42.5 Å². The summed E-state index contributed by atoms with van der Waals surface area (Å²) in [5, 5.41) is 7.81. The van der Waals surface area contributed by atoms with Gasteiger partial charge in [-0.1, -0.05) is 22.0 Å². The first-order valence-corrected chi connectivity index (χ1v) is 7.81. The number of anilines is 2. The highest BCUT2D eigenvalue weighted by atomic mass is 79.9. The van der Waals surface area contributed by atoms with Crippen molar-refractivity contribution in [3.05, 3.63) is 71.0 Å². The number of carbonyl (C=O) groups excluding carboxylic acids is 2. The Morgan fingerprint density at radius 1 is 1.08 bits per heavy atom. The molecule has 0 fully saturated rings. The summed E-state index contributed by atoms with van der Waals surface area (Å²) in [4.78, 5) is 23.6. The number of hydrogen-bond acceptors (Lipinski definition) is 2. The molecule has 0 aromatic heterocycles. The summed E-state index contributed by atoms with van der Waals surface area (Å²) < 4.78 is 14.3. The van der Waals surface area contributed by atoms with Gasteiger partial charge in [-0.15, -0.1) is 6.58 Å². The second-order valence-electron chi connectivity index (χ2n) is 4.78. The zero-order valence-electron chi connectivity index (χ0n) is 12.6. The topological polar surface area (TPSA) is 70.2 Å². The molecule has 2 aromatic rings. The Bertz CT molecular complexity index is 763. The van der Waals surface area contributed by atoms with E-state index in [1.807, 2.05) is 0 Å². The maximum absolute atomic E-state index is 13.7. The van der Waals surface area contributed by atoms with Gasteiger partial charge in [0.2, 0.25) is 0 Å². The zero-order valence-corrected chi connectivity index (χ0v) is 14.2. The van der Waals surface area contributed by atoms with Crippen LogP contribution in [0.4, 0.5) is 20.6 Å². The van der Waals surface area contributed by atoms with E-state index in [0.717, 1.165) is 0 Å². The molecular weight excluding hydrogens is 377 g/mol. The van der Waals surface area contributed by atoms with E-state index in [2.05, 4.69) is 38.5 Å². The molecule has 0 spiro atoms. The maximum atomic E-state index is 13.7. The number of amides is 3. The highest BCUT2D eigenvalue weighted by Gasteiger charge is 2.12. The van der Waals surface area contributed by atoms with Gasteiger partial charge >= 0.3 is 6.03 Å². The van der Waals surface area contributed by atoms with Crippen LogP contribution < -0.4 is 16.0 Å². The number of nitrogens with one attached hydrogen (secondary N) is 3. The molecule has 0 saturated carbocycles. The van der Waals surface area contributed by atoms with Gasteiger partial charge in [-0.25, -0.2) is 9.18 Å². The molecule has 0 atom stereocenters. The molecule has 0 bridgehead atoms. The Balaban J connectivity index is 2.01. The summed E-state index contributed by atoms with van der Waals surface area (Å²) in [6.07, 6.45) is 1.57. The predicted molar refractivity (Wildman–Crippen MR) is 95.7 cm³/mol. The third-order valence-electron chi connectivity index (χ3n) is 2.98. The van der Waals surface area contributed by atoms with Crippen molar-refractivity contribution in [1.82, 2.24) is 5.32 Å². The van der Waals surface area contributed by atoms with Crippen LogP contribution in [0.5, 0.6) is 0 Å². The third kappa shape index (κ3) is 4.92. The van der Waals surface area contributed by atoms with E-state index in [9.17, 15) is 14.0 Å². The van der Waals surface area contributed by atoms with E-state index >= 15 is 0 Å². The van der Waals surface area contributed by atoms with Gasteiger partial charge in [0.1, 0.15) is 5.82 Å². The van der Waals surface area contributed by atoms with Crippen molar-refractivity contribution in [3.8, 4) is 0 Å². The molecule has 0 heterocycles. The fourth-order valence-corrected chi connectivity index (χ4v) is 2.21. The Kier molecular flexibility index (Phi) is 6.08.